The lowest BCUT2D eigenvalue weighted by Crippen LogP contribution is -2.15. The molecule has 0 fully saturated rings. The van der Waals surface area contributed by atoms with Crippen molar-refractivity contribution in [3.8, 4) is 0 Å². The molecule has 0 aliphatic heterocycles. The minimum absolute atomic E-state index is 0.0108. The van der Waals surface area contributed by atoms with Crippen LogP contribution < -0.4 is 10.6 Å². The van der Waals surface area contributed by atoms with Crippen LogP contribution in [0.15, 0.2) is 55.3 Å². The molecular formula is C16H16FN3O. The first kappa shape index (κ1) is 14.7. The maximum Gasteiger partial charge on any atom is 0.228 e. The summed E-state index contributed by atoms with van der Waals surface area (Å²) in [5, 5.41) is 5.72. The van der Waals surface area contributed by atoms with Gasteiger partial charge in [0.05, 0.1) is 18.3 Å². The summed E-state index contributed by atoms with van der Waals surface area (Å²) in [7, 11) is 0. The molecular weight excluding hydrogens is 269 g/mol. The molecule has 0 atom stereocenters. The van der Waals surface area contributed by atoms with Crippen LogP contribution in [-0.2, 0) is 11.2 Å². The Kier molecular flexibility index (Phi) is 5.04. The number of pyridine rings is 1. The SMILES string of the molecule is C=CCNc1ccc(NC(=O)Cc2ccccc2F)cn1. The molecule has 0 radical (unpaired) electrons. The van der Waals surface area contributed by atoms with Crippen LogP contribution in [0.3, 0.4) is 0 Å². The molecule has 2 aromatic rings. The minimum atomic E-state index is -0.380. The Bertz CT molecular complexity index is 626. The van der Waals surface area contributed by atoms with Crippen LogP contribution in [0.2, 0.25) is 0 Å². The number of hydrogen-bond acceptors (Lipinski definition) is 3. The van der Waals surface area contributed by atoms with Crippen molar-refractivity contribution in [2.45, 2.75) is 6.42 Å². The average molecular weight is 285 g/mol. The molecule has 4 nitrogen and oxygen atoms in total. The third-order valence-electron chi connectivity index (χ3n) is 2.78. The van der Waals surface area contributed by atoms with Crippen LogP contribution in [0.5, 0.6) is 0 Å². The van der Waals surface area contributed by atoms with Crippen molar-refractivity contribution in [3.05, 3.63) is 66.6 Å². The molecule has 0 bridgehead atoms. The zero-order valence-corrected chi connectivity index (χ0v) is 11.5. The number of benzene rings is 1. The van der Waals surface area contributed by atoms with Gasteiger partial charge < -0.3 is 10.6 Å². The topological polar surface area (TPSA) is 54.0 Å². The Labute approximate surface area is 122 Å². The average Bonchev–Trinajstić information content (AvgIpc) is 2.49. The van der Waals surface area contributed by atoms with Gasteiger partial charge in [0.25, 0.3) is 0 Å². The van der Waals surface area contributed by atoms with E-state index in [1.165, 1.54) is 6.07 Å². The highest BCUT2D eigenvalue weighted by molar-refractivity contribution is 5.92. The first-order valence-corrected chi connectivity index (χ1v) is 6.53. The van der Waals surface area contributed by atoms with Gasteiger partial charge in [-0.2, -0.15) is 0 Å². The number of aromatic nitrogens is 1. The Morgan fingerprint density at radius 2 is 2.10 bits per heavy atom. The normalized spacial score (nSPS) is 9.95. The highest BCUT2D eigenvalue weighted by Crippen LogP contribution is 2.12. The number of nitrogens with zero attached hydrogens (tertiary/aromatic N) is 1. The first-order chi connectivity index (χ1) is 10.2. The lowest BCUT2D eigenvalue weighted by Gasteiger charge is -2.07. The number of halogens is 1. The highest BCUT2D eigenvalue weighted by atomic mass is 19.1. The van der Waals surface area contributed by atoms with E-state index in [2.05, 4.69) is 22.2 Å². The molecule has 0 aliphatic carbocycles. The van der Waals surface area contributed by atoms with E-state index in [1.807, 2.05) is 0 Å². The van der Waals surface area contributed by atoms with Gasteiger partial charge in [-0.05, 0) is 23.8 Å². The van der Waals surface area contributed by atoms with Gasteiger partial charge in [0.1, 0.15) is 11.6 Å². The van der Waals surface area contributed by atoms with Crippen LogP contribution in [0.25, 0.3) is 0 Å². The molecule has 2 N–H and O–H groups in total. The molecule has 108 valence electrons. The molecule has 0 saturated carbocycles. The fourth-order valence-electron chi connectivity index (χ4n) is 1.77. The van der Waals surface area contributed by atoms with E-state index < -0.39 is 0 Å². The number of amides is 1. The molecule has 0 spiro atoms. The fraction of sp³-hybridized carbons (Fsp3) is 0.125. The number of nitrogens with one attached hydrogen (secondary N) is 2. The minimum Gasteiger partial charge on any atom is -0.367 e. The van der Waals surface area contributed by atoms with E-state index >= 15 is 0 Å². The Hall–Kier alpha value is -2.69. The summed E-state index contributed by atoms with van der Waals surface area (Å²) in [6.45, 7) is 4.22. The molecule has 0 unspecified atom stereocenters. The van der Waals surface area contributed by atoms with Gasteiger partial charge in [0.2, 0.25) is 5.91 Å². The Balaban J connectivity index is 1.93. The van der Waals surface area contributed by atoms with Crippen LogP contribution in [0.1, 0.15) is 5.56 Å². The quantitative estimate of drug-likeness (QED) is 0.802. The van der Waals surface area contributed by atoms with Crippen LogP contribution in [0.4, 0.5) is 15.9 Å². The van der Waals surface area contributed by atoms with Crippen molar-refractivity contribution in [2.24, 2.45) is 0 Å². The fourth-order valence-corrected chi connectivity index (χ4v) is 1.77. The molecule has 21 heavy (non-hydrogen) atoms. The van der Waals surface area contributed by atoms with E-state index in [4.69, 9.17) is 0 Å². The number of carbonyl (C=O) groups is 1. The van der Waals surface area contributed by atoms with Crippen molar-refractivity contribution in [2.75, 3.05) is 17.2 Å². The largest absolute Gasteiger partial charge is 0.367 e. The maximum absolute atomic E-state index is 13.5. The van der Waals surface area contributed by atoms with Gasteiger partial charge in [0.15, 0.2) is 0 Å². The second kappa shape index (κ2) is 7.19. The molecule has 1 amide bonds. The second-order valence-corrected chi connectivity index (χ2v) is 4.42. The second-order valence-electron chi connectivity index (χ2n) is 4.42. The van der Waals surface area contributed by atoms with Gasteiger partial charge in [-0.3, -0.25) is 4.79 Å². The van der Waals surface area contributed by atoms with Crippen molar-refractivity contribution in [1.29, 1.82) is 0 Å². The van der Waals surface area contributed by atoms with E-state index in [1.54, 1.807) is 42.6 Å². The predicted molar refractivity (Wildman–Crippen MR) is 81.7 cm³/mol. The van der Waals surface area contributed by atoms with Gasteiger partial charge in [0, 0.05) is 6.54 Å². The smallest absolute Gasteiger partial charge is 0.228 e. The number of anilines is 2. The Morgan fingerprint density at radius 3 is 2.76 bits per heavy atom. The van der Waals surface area contributed by atoms with E-state index in [9.17, 15) is 9.18 Å². The third kappa shape index (κ3) is 4.42. The van der Waals surface area contributed by atoms with Crippen molar-refractivity contribution >= 4 is 17.4 Å². The molecule has 0 saturated heterocycles. The molecule has 1 aromatic carbocycles. The molecule has 5 heteroatoms. The summed E-state index contributed by atoms with van der Waals surface area (Å²) in [5.74, 6) is 0.0328. The van der Waals surface area contributed by atoms with Crippen molar-refractivity contribution in [1.82, 2.24) is 4.98 Å². The zero-order chi connectivity index (χ0) is 15.1. The molecule has 2 rings (SSSR count). The Morgan fingerprint density at radius 1 is 1.29 bits per heavy atom. The monoisotopic (exact) mass is 285 g/mol. The number of rotatable bonds is 6. The maximum atomic E-state index is 13.5. The number of hydrogen-bond donors (Lipinski definition) is 2. The van der Waals surface area contributed by atoms with Gasteiger partial charge in [-0.25, -0.2) is 9.37 Å². The van der Waals surface area contributed by atoms with Crippen molar-refractivity contribution in [3.63, 3.8) is 0 Å². The summed E-state index contributed by atoms with van der Waals surface area (Å²) in [4.78, 5) is 16.0. The molecule has 1 aromatic heterocycles. The van der Waals surface area contributed by atoms with Gasteiger partial charge in [-0.15, -0.1) is 6.58 Å². The van der Waals surface area contributed by atoms with Gasteiger partial charge in [-0.1, -0.05) is 24.3 Å². The summed E-state index contributed by atoms with van der Waals surface area (Å²) in [5.41, 5.74) is 0.938. The van der Waals surface area contributed by atoms with E-state index in [-0.39, 0.29) is 18.1 Å². The third-order valence-corrected chi connectivity index (χ3v) is 2.78. The highest BCUT2D eigenvalue weighted by Gasteiger charge is 2.08. The lowest BCUT2D eigenvalue weighted by molar-refractivity contribution is -0.115. The van der Waals surface area contributed by atoms with Crippen molar-refractivity contribution < 1.29 is 9.18 Å². The summed E-state index contributed by atoms with van der Waals surface area (Å²) >= 11 is 0. The van der Waals surface area contributed by atoms with Crippen LogP contribution in [0, 0.1) is 5.82 Å². The first-order valence-electron chi connectivity index (χ1n) is 6.53. The van der Waals surface area contributed by atoms with E-state index in [0.717, 1.165) is 0 Å². The summed E-state index contributed by atoms with van der Waals surface area (Å²) in [6.07, 6.45) is 3.26. The summed E-state index contributed by atoms with van der Waals surface area (Å²) < 4.78 is 13.5. The standard InChI is InChI=1S/C16H16FN3O/c1-2-9-18-15-8-7-13(11-19-15)20-16(21)10-12-5-3-4-6-14(12)17/h2-8,11H,1,9-10H2,(H,18,19)(H,20,21). The lowest BCUT2D eigenvalue weighted by atomic mass is 10.1. The van der Waals surface area contributed by atoms with Gasteiger partial charge >= 0.3 is 0 Å². The predicted octanol–water partition coefficient (Wildman–Crippen LogP) is 3.00. The number of carbonyl (C=O) groups excluding carboxylic acids is 1. The van der Waals surface area contributed by atoms with E-state index in [0.29, 0.717) is 23.6 Å². The van der Waals surface area contributed by atoms with Crippen LogP contribution in [-0.4, -0.2) is 17.4 Å². The molecule has 1 heterocycles. The molecule has 0 aliphatic rings. The zero-order valence-electron chi connectivity index (χ0n) is 11.5. The summed E-state index contributed by atoms with van der Waals surface area (Å²) in [6, 6.07) is 9.71. The van der Waals surface area contributed by atoms with Crippen LogP contribution >= 0.6 is 0 Å².